The van der Waals surface area contributed by atoms with Gasteiger partial charge in [0.15, 0.2) is 5.78 Å². The van der Waals surface area contributed by atoms with Gasteiger partial charge in [0.2, 0.25) is 0 Å². The molecule has 0 spiro atoms. The number of fused-ring (bicyclic) bond motifs is 1. The zero-order valence-corrected chi connectivity index (χ0v) is 10.3. The Bertz CT molecular complexity index is 470. The molecule has 1 aromatic rings. The molecule has 0 aliphatic heterocycles. The van der Waals surface area contributed by atoms with E-state index < -0.39 is 0 Å². The molecule has 1 heterocycles. The van der Waals surface area contributed by atoms with Gasteiger partial charge >= 0.3 is 5.69 Å². The topological polar surface area (TPSA) is 54.9 Å². The summed E-state index contributed by atoms with van der Waals surface area (Å²) in [7, 11) is 0. The second-order valence-corrected chi connectivity index (χ2v) is 4.54. The number of ketones is 1. The molecule has 0 aromatic carbocycles. The third kappa shape index (κ3) is 2.06. The van der Waals surface area contributed by atoms with Gasteiger partial charge in [-0.2, -0.15) is 0 Å². The van der Waals surface area contributed by atoms with Gasteiger partial charge in [0.1, 0.15) is 0 Å². The van der Waals surface area contributed by atoms with Crippen LogP contribution in [0, 0.1) is 0 Å². The lowest BCUT2D eigenvalue weighted by Gasteiger charge is -2.07. The molecule has 0 fully saturated rings. The Morgan fingerprint density at radius 1 is 1.40 bits per heavy atom. The summed E-state index contributed by atoms with van der Waals surface area (Å²) in [6.45, 7) is 0.714. The molecule has 1 aliphatic carbocycles. The van der Waals surface area contributed by atoms with Gasteiger partial charge in [-0.05, 0) is 18.6 Å². The largest absolute Gasteiger partial charge is 0.326 e. The number of aromatic amines is 1. The summed E-state index contributed by atoms with van der Waals surface area (Å²) in [5, 5.41) is 0. The third-order valence-electron chi connectivity index (χ3n) is 2.40. The Labute approximate surface area is 101 Å². The summed E-state index contributed by atoms with van der Waals surface area (Å²) in [6.07, 6.45) is 4.55. The van der Waals surface area contributed by atoms with Gasteiger partial charge in [0, 0.05) is 11.0 Å². The van der Waals surface area contributed by atoms with E-state index in [-0.39, 0.29) is 11.5 Å². The second kappa shape index (κ2) is 4.34. The molecule has 4 nitrogen and oxygen atoms in total. The van der Waals surface area contributed by atoms with Crippen molar-refractivity contribution in [2.75, 3.05) is 4.43 Å². The summed E-state index contributed by atoms with van der Waals surface area (Å²) in [6, 6.07) is 0. The van der Waals surface area contributed by atoms with Gasteiger partial charge < -0.3 is 4.98 Å². The van der Waals surface area contributed by atoms with Crippen LogP contribution in [0.15, 0.2) is 10.9 Å². The molecule has 0 saturated carbocycles. The average Bonchev–Trinajstić information content (AvgIpc) is 2.50. The highest BCUT2D eigenvalue weighted by molar-refractivity contribution is 14.1. The number of halogens is 1. The van der Waals surface area contributed by atoms with Gasteiger partial charge in [-0.25, -0.2) is 4.79 Å². The van der Waals surface area contributed by atoms with Crippen LogP contribution in [0.5, 0.6) is 0 Å². The fourth-order valence-electron chi connectivity index (χ4n) is 1.70. The maximum atomic E-state index is 11.6. The highest BCUT2D eigenvalue weighted by atomic mass is 127. The summed E-state index contributed by atoms with van der Waals surface area (Å²) >= 11 is 2.29. The number of allylic oxidation sites excluding steroid dienone is 1. The van der Waals surface area contributed by atoms with Crippen molar-refractivity contribution in [1.29, 1.82) is 0 Å². The molecule has 1 aliphatic rings. The zero-order valence-electron chi connectivity index (χ0n) is 8.12. The highest BCUT2D eigenvalue weighted by Crippen LogP contribution is 2.14. The Hall–Kier alpha value is -0.850. The van der Waals surface area contributed by atoms with Crippen LogP contribution in [-0.4, -0.2) is 19.8 Å². The Balaban J connectivity index is 2.38. The predicted octanol–water partition coefficient (Wildman–Crippen LogP) is 1.14. The van der Waals surface area contributed by atoms with Crippen molar-refractivity contribution in [1.82, 2.24) is 9.55 Å². The maximum absolute atomic E-state index is 11.6. The van der Waals surface area contributed by atoms with Crippen LogP contribution in [0.4, 0.5) is 0 Å². The fourth-order valence-corrected chi connectivity index (χ4v) is 2.04. The number of nitrogens with one attached hydrogen (secondary N) is 1. The van der Waals surface area contributed by atoms with Gasteiger partial charge in [0.05, 0.1) is 17.8 Å². The number of alkyl halides is 1. The first-order valence-electron chi connectivity index (χ1n) is 4.81. The standard InChI is InChI=1S/C10H11IN2O2/c11-4-1-5-13-9-3-2-7(14)6-8(9)12-10(13)15/h2-3H,1,4-6H2,(H,12,15). The smallest absolute Gasteiger partial charge is 0.309 e. The highest BCUT2D eigenvalue weighted by Gasteiger charge is 2.17. The van der Waals surface area contributed by atoms with Crippen molar-refractivity contribution in [3.63, 3.8) is 0 Å². The first kappa shape index (κ1) is 10.7. The van der Waals surface area contributed by atoms with Crippen LogP contribution >= 0.6 is 22.6 Å². The van der Waals surface area contributed by atoms with Crippen molar-refractivity contribution in [3.05, 3.63) is 27.9 Å². The lowest BCUT2D eigenvalue weighted by atomic mass is 10.1. The van der Waals surface area contributed by atoms with Crippen LogP contribution in [0.3, 0.4) is 0 Å². The minimum absolute atomic E-state index is 0.0461. The number of imidazole rings is 1. The first-order valence-corrected chi connectivity index (χ1v) is 6.33. The molecule has 0 amide bonds. The van der Waals surface area contributed by atoms with E-state index in [1.54, 1.807) is 10.6 Å². The lowest BCUT2D eigenvalue weighted by molar-refractivity contribution is -0.114. The number of H-pyrrole nitrogens is 1. The Kier molecular flexibility index (Phi) is 3.08. The van der Waals surface area contributed by atoms with Crippen LogP contribution < -0.4 is 5.69 Å². The molecular weight excluding hydrogens is 307 g/mol. The summed E-state index contributed by atoms with van der Waals surface area (Å²) < 4.78 is 2.73. The number of nitrogens with zero attached hydrogens (tertiary/aromatic N) is 1. The number of carbonyl (C=O) groups excluding carboxylic acids is 1. The van der Waals surface area contributed by atoms with Crippen molar-refractivity contribution in [2.24, 2.45) is 0 Å². The van der Waals surface area contributed by atoms with Crippen LogP contribution in [0.25, 0.3) is 6.08 Å². The molecule has 15 heavy (non-hydrogen) atoms. The van der Waals surface area contributed by atoms with Crippen LogP contribution in [0.1, 0.15) is 17.8 Å². The molecule has 0 radical (unpaired) electrons. The third-order valence-corrected chi connectivity index (χ3v) is 3.16. The van der Waals surface area contributed by atoms with E-state index in [0.717, 1.165) is 22.2 Å². The first-order chi connectivity index (χ1) is 7.22. The van der Waals surface area contributed by atoms with Crippen LogP contribution in [-0.2, 0) is 17.8 Å². The van der Waals surface area contributed by atoms with Crippen molar-refractivity contribution < 1.29 is 4.79 Å². The number of carbonyl (C=O) groups is 1. The summed E-state index contributed by atoms with van der Waals surface area (Å²) in [4.78, 5) is 25.5. The number of aromatic nitrogens is 2. The van der Waals surface area contributed by atoms with Gasteiger partial charge in [-0.1, -0.05) is 22.6 Å². The molecule has 1 N–H and O–H groups in total. The number of hydrogen-bond acceptors (Lipinski definition) is 2. The van der Waals surface area contributed by atoms with E-state index in [4.69, 9.17) is 0 Å². The molecule has 0 unspecified atom stereocenters. The predicted molar refractivity (Wildman–Crippen MR) is 66.3 cm³/mol. The van der Waals surface area contributed by atoms with Crippen molar-refractivity contribution >= 4 is 34.5 Å². The van der Waals surface area contributed by atoms with Crippen molar-refractivity contribution in [2.45, 2.75) is 19.4 Å². The molecule has 2 rings (SSSR count). The maximum Gasteiger partial charge on any atom is 0.326 e. The second-order valence-electron chi connectivity index (χ2n) is 3.46. The van der Waals surface area contributed by atoms with Crippen molar-refractivity contribution in [3.8, 4) is 0 Å². The Morgan fingerprint density at radius 2 is 2.20 bits per heavy atom. The van der Waals surface area contributed by atoms with E-state index >= 15 is 0 Å². The Morgan fingerprint density at radius 3 is 2.93 bits per heavy atom. The lowest BCUT2D eigenvalue weighted by Crippen LogP contribution is -2.18. The summed E-state index contributed by atoms with van der Waals surface area (Å²) in [5.41, 5.74) is 1.51. The van der Waals surface area contributed by atoms with Gasteiger partial charge in [0.25, 0.3) is 0 Å². The minimum atomic E-state index is -0.107. The SMILES string of the molecule is O=C1C=Cc2c([nH]c(=O)n2CCCI)C1. The van der Waals surface area contributed by atoms with E-state index in [2.05, 4.69) is 27.6 Å². The van der Waals surface area contributed by atoms with E-state index in [1.807, 2.05) is 0 Å². The molecule has 80 valence electrons. The van der Waals surface area contributed by atoms with E-state index in [1.165, 1.54) is 6.08 Å². The molecule has 0 saturated heterocycles. The van der Waals surface area contributed by atoms with Crippen LogP contribution in [0.2, 0.25) is 0 Å². The average molecular weight is 318 g/mol. The number of rotatable bonds is 3. The van der Waals surface area contributed by atoms with Gasteiger partial charge in [-0.15, -0.1) is 0 Å². The molecular formula is C10H11IN2O2. The monoisotopic (exact) mass is 318 g/mol. The zero-order chi connectivity index (χ0) is 10.8. The molecule has 0 atom stereocenters. The quantitative estimate of drug-likeness (QED) is 0.671. The van der Waals surface area contributed by atoms with Gasteiger partial charge in [-0.3, -0.25) is 9.36 Å². The normalized spacial score (nSPS) is 14.3. The minimum Gasteiger partial charge on any atom is -0.309 e. The van der Waals surface area contributed by atoms with E-state index in [0.29, 0.717) is 13.0 Å². The molecule has 1 aromatic heterocycles. The number of hydrogen-bond donors (Lipinski definition) is 1. The molecule has 5 heteroatoms. The summed E-state index contributed by atoms with van der Waals surface area (Å²) in [5.74, 6) is 0.0461. The fraction of sp³-hybridized carbons (Fsp3) is 0.400. The van der Waals surface area contributed by atoms with E-state index in [9.17, 15) is 9.59 Å². The molecule has 0 bridgehead atoms.